The standard InChI is InChI=1S/C21H23N7O6.C7H8O3S/c1-33-15(29)8-7-14(20(32)34-2)26-18(30)11-3-5-12(6-4-11)23-9-13-10-24-17-16(25-13)19(31)28-21(22)27-17;1-6-2-4-7(5-3-6)11(8,9)10/h3-6,10,14,23H,7-9H2,1-2H3,(H,26,30)(H3,22,24,27,28,31);2-5H,1H3,(H,8,9,10)/t14-;/m0./s1. The van der Waals surface area contributed by atoms with Crippen LogP contribution in [0, 0.1) is 6.92 Å². The summed E-state index contributed by atoms with van der Waals surface area (Å²) in [5, 5.41) is 5.67. The van der Waals surface area contributed by atoms with E-state index in [1.807, 2.05) is 6.92 Å². The molecule has 1 atom stereocenters. The zero-order valence-corrected chi connectivity index (χ0v) is 25.3. The number of nitrogens with zero attached hydrogens (tertiary/aromatic N) is 3. The number of aryl methyl sites for hydroxylation is 1. The highest BCUT2D eigenvalue weighted by molar-refractivity contribution is 7.85. The van der Waals surface area contributed by atoms with Gasteiger partial charge in [0.2, 0.25) is 5.95 Å². The molecule has 17 heteroatoms. The summed E-state index contributed by atoms with van der Waals surface area (Å²) in [5.41, 5.74) is 7.68. The number of nitrogens with one attached hydrogen (secondary N) is 3. The number of hydrogen-bond acceptors (Lipinski definition) is 13. The number of carbonyl (C=O) groups excluding carboxylic acids is 3. The lowest BCUT2D eigenvalue weighted by Gasteiger charge is -2.16. The molecule has 2 aromatic heterocycles. The molecule has 0 fully saturated rings. The van der Waals surface area contributed by atoms with Gasteiger partial charge in [-0.1, -0.05) is 17.7 Å². The van der Waals surface area contributed by atoms with E-state index >= 15 is 0 Å². The second kappa shape index (κ2) is 15.3. The van der Waals surface area contributed by atoms with Gasteiger partial charge in [-0.25, -0.2) is 14.8 Å². The van der Waals surface area contributed by atoms with Crippen LogP contribution in [0.5, 0.6) is 0 Å². The minimum Gasteiger partial charge on any atom is -0.469 e. The molecular weight excluding hydrogens is 610 g/mol. The minimum absolute atomic E-state index is 0.0387. The Morgan fingerprint density at radius 1 is 1.02 bits per heavy atom. The summed E-state index contributed by atoms with van der Waals surface area (Å²) in [7, 11) is -1.58. The van der Waals surface area contributed by atoms with E-state index in [4.69, 9.17) is 10.3 Å². The van der Waals surface area contributed by atoms with E-state index < -0.39 is 39.6 Å². The topological polar surface area (TPSA) is 246 Å². The van der Waals surface area contributed by atoms with Gasteiger partial charge in [-0.05, 0) is 49.7 Å². The molecule has 0 aliphatic carbocycles. The molecule has 4 rings (SSSR count). The lowest BCUT2D eigenvalue weighted by Crippen LogP contribution is -2.41. The number of esters is 2. The van der Waals surface area contributed by atoms with Crippen molar-refractivity contribution in [2.45, 2.75) is 37.2 Å². The van der Waals surface area contributed by atoms with Gasteiger partial charge in [0.1, 0.15) is 6.04 Å². The van der Waals surface area contributed by atoms with Gasteiger partial charge >= 0.3 is 11.9 Å². The van der Waals surface area contributed by atoms with Gasteiger partial charge in [0.15, 0.2) is 11.2 Å². The van der Waals surface area contributed by atoms with Crippen molar-refractivity contribution in [3.63, 3.8) is 0 Å². The number of nitrogens with two attached hydrogens (primary N) is 1. The SMILES string of the molecule is COC(=O)CC[C@H](NC(=O)c1ccc(NCc2cnc3nc(N)[nH]c(=O)c3n2)cc1)C(=O)OC.Cc1ccc(S(=O)(=O)O)cc1. The van der Waals surface area contributed by atoms with Gasteiger partial charge in [-0.15, -0.1) is 0 Å². The van der Waals surface area contributed by atoms with Crippen LogP contribution in [-0.4, -0.2) is 71.0 Å². The predicted octanol–water partition coefficient (Wildman–Crippen LogP) is 1.37. The van der Waals surface area contributed by atoms with Crippen LogP contribution >= 0.6 is 0 Å². The quantitative estimate of drug-likeness (QED) is 0.121. The van der Waals surface area contributed by atoms with E-state index in [0.29, 0.717) is 16.9 Å². The third kappa shape index (κ3) is 10.1. The highest BCUT2D eigenvalue weighted by atomic mass is 32.2. The maximum Gasteiger partial charge on any atom is 0.328 e. The van der Waals surface area contributed by atoms with Crippen LogP contribution in [0.2, 0.25) is 0 Å². The smallest absolute Gasteiger partial charge is 0.328 e. The summed E-state index contributed by atoms with van der Waals surface area (Å²) in [6.07, 6.45) is 1.47. The Labute approximate surface area is 257 Å². The lowest BCUT2D eigenvalue weighted by atomic mass is 10.1. The number of benzene rings is 2. The molecule has 16 nitrogen and oxygen atoms in total. The van der Waals surface area contributed by atoms with E-state index in [2.05, 4.69) is 40.0 Å². The van der Waals surface area contributed by atoms with Crippen LogP contribution in [0.3, 0.4) is 0 Å². The molecule has 45 heavy (non-hydrogen) atoms. The highest BCUT2D eigenvalue weighted by Crippen LogP contribution is 2.13. The largest absolute Gasteiger partial charge is 0.469 e. The molecular formula is C28H31N7O9S. The first-order chi connectivity index (χ1) is 21.3. The van der Waals surface area contributed by atoms with Crippen molar-refractivity contribution >= 4 is 50.8 Å². The van der Waals surface area contributed by atoms with Gasteiger partial charge in [-0.3, -0.25) is 23.9 Å². The van der Waals surface area contributed by atoms with Crippen molar-refractivity contribution in [1.82, 2.24) is 25.3 Å². The number of H-pyrrole nitrogens is 1. The molecule has 6 N–H and O–H groups in total. The van der Waals surface area contributed by atoms with Crippen molar-refractivity contribution in [2.24, 2.45) is 0 Å². The number of hydrogen-bond donors (Lipinski definition) is 5. The molecule has 0 saturated carbocycles. The number of methoxy groups -OCH3 is 2. The molecule has 238 valence electrons. The molecule has 4 aromatic rings. The predicted molar refractivity (Wildman–Crippen MR) is 162 cm³/mol. The molecule has 0 unspecified atom stereocenters. The Morgan fingerprint density at radius 2 is 1.69 bits per heavy atom. The van der Waals surface area contributed by atoms with Gasteiger partial charge in [0.25, 0.3) is 21.6 Å². The van der Waals surface area contributed by atoms with Crippen LogP contribution in [-0.2, 0) is 35.7 Å². The van der Waals surface area contributed by atoms with Gasteiger partial charge in [0, 0.05) is 17.7 Å². The average molecular weight is 642 g/mol. The second-order valence-corrected chi connectivity index (χ2v) is 10.8. The minimum atomic E-state index is -4.02. The molecule has 0 spiro atoms. The Bertz CT molecular complexity index is 1830. The molecule has 0 bridgehead atoms. The first kappa shape index (κ1) is 34.1. The summed E-state index contributed by atoms with van der Waals surface area (Å²) in [4.78, 5) is 62.4. The van der Waals surface area contributed by atoms with Crippen molar-refractivity contribution in [2.75, 3.05) is 25.3 Å². The van der Waals surface area contributed by atoms with Crippen molar-refractivity contribution in [1.29, 1.82) is 0 Å². The van der Waals surface area contributed by atoms with Crippen molar-refractivity contribution < 1.29 is 36.8 Å². The number of rotatable bonds is 10. The molecule has 0 aliphatic rings. The first-order valence-electron chi connectivity index (χ1n) is 13.2. The van der Waals surface area contributed by atoms with Gasteiger partial charge in [-0.2, -0.15) is 13.4 Å². The lowest BCUT2D eigenvalue weighted by molar-refractivity contribution is -0.144. The Kier molecular flexibility index (Phi) is 11.6. The van der Waals surface area contributed by atoms with E-state index in [9.17, 15) is 27.6 Å². The molecule has 0 aliphatic heterocycles. The summed E-state index contributed by atoms with van der Waals surface area (Å²) < 4.78 is 38.8. The van der Waals surface area contributed by atoms with E-state index in [-0.39, 0.29) is 41.4 Å². The number of nitrogen functional groups attached to an aromatic ring is 1. The van der Waals surface area contributed by atoms with Gasteiger partial charge < -0.3 is 25.8 Å². The van der Waals surface area contributed by atoms with Crippen LogP contribution in [0.15, 0.2) is 64.4 Å². The molecule has 0 radical (unpaired) electrons. The number of aromatic nitrogens is 4. The highest BCUT2D eigenvalue weighted by Gasteiger charge is 2.23. The van der Waals surface area contributed by atoms with Crippen LogP contribution in [0.4, 0.5) is 11.6 Å². The Balaban J connectivity index is 0.000000423. The summed E-state index contributed by atoms with van der Waals surface area (Å²) >= 11 is 0. The summed E-state index contributed by atoms with van der Waals surface area (Å²) in [6.45, 7) is 2.10. The number of carbonyl (C=O) groups is 3. The first-order valence-corrected chi connectivity index (χ1v) is 14.6. The Hall–Kier alpha value is -5.42. The monoisotopic (exact) mass is 641 g/mol. The zero-order chi connectivity index (χ0) is 33.1. The summed E-state index contributed by atoms with van der Waals surface area (Å²) in [5.74, 6) is -1.70. The normalized spacial score (nSPS) is 11.5. The molecule has 1 amide bonds. The fourth-order valence-corrected chi connectivity index (χ4v) is 4.18. The van der Waals surface area contributed by atoms with Gasteiger partial charge in [0.05, 0.1) is 37.6 Å². The fourth-order valence-electron chi connectivity index (χ4n) is 3.70. The third-order valence-corrected chi connectivity index (χ3v) is 6.95. The fraction of sp³-hybridized carbons (Fsp3) is 0.250. The molecule has 2 heterocycles. The van der Waals surface area contributed by atoms with E-state index in [1.54, 1.807) is 36.4 Å². The van der Waals surface area contributed by atoms with Crippen LogP contribution in [0.25, 0.3) is 11.2 Å². The molecule has 2 aromatic carbocycles. The number of ether oxygens (including phenoxy) is 2. The maximum absolute atomic E-state index is 12.5. The number of aromatic amines is 1. The number of anilines is 2. The molecule has 0 saturated heterocycles. The van der Waals surface area contributed by atoms with Crippen molar-refractivity contribution in [3.8, 4) is 0 Å². The number of amides is 1. The van der Waals surface area contributed by atoms with Crippen molar-refractivity contribution in [3.05, 3.63) is 81.9 Å². The Morgan fingerprint density at radius 3 is 2.29 bits per heavy atom. The van der Waals surface area contributed by atoms with E-state index in [1.165, 1.54) is 32.5 Å². The maximum atomic E-state index is 12.5. The third-order valence-electron chi connectivity index (χ3n) is 6.08. The van der Waals surface area contributed by atoms with Crippen LogP contribution < -0.4 is 21.9 Å². The second-order valence-electron chi connectivity index (χ2n) is 9.37. The van der Waals surface area contributed by atoms with E-state index in [0.717, 1.165) is 5.56 Å². The average Bonchev–Trinajstić information content (AvgIpc) is 3.01. The zero-order valence-electron chi connectivity index (χ0n) is 24.4. The number of fused-ring (bicyclic) bond motifs is 1. The van der Waals surface area contributed by atoms with Crippen LogP contribution in [0.1, 0.15) is 34.5 Å². The summed E-state index contributed by atoms with van der Waals surface area (Å²) in [6, 6.07) is 11.5.